The van der Waals surface area contributed by atoms with Crippen LogP contribution in [0, 0.1) is 41.5 Å². The average molecular weight is 435 g/mol. The van der Waals surface area contributed by atoms with Crippen molar-refractivity contribution in [1.29, 1.82) is 5.26 Å². The predicted octanol–water partition coefficient (Wildman–Crippen LogP) is 5.74. The van der Waals surface area contributed by atoms with Gasteiger partial charge >= 0.3 is 0 Å². The monoisotopic (exact) mass is 435 g/mol. The first kappa shape index (κ1) is 23.6. The van der Waals surface area contributed by atoms with Crippen LogP contribution in [0.5, 0.6) is 11.5 Å². The number of nitrogens with one attached hydrogen (secondary N) is 1. The van der Waals surface area contributed by atoms with E-state index in [4.69, 9.17) is 14.7 Å². The summed E-state index contributed by atoms with van der Waals surface area (Å²) in [7, 11) is 4.29. The Morgan fingerprint density at radius 3 is 2.19 bits per heavy atom. The third-order valence-electron chi connectivity index (χ3n) is 4.71. The highest BCUT2D eigenvalue weighted by Crippen LogP contribution is 2.32. The highest BCUT2D eigenvalue weighted by molar-refractivity contribution is 5.89. The van der Waals surface area contributed by atoms with Crippen molar-refractivity contribution in [3.8, 4) is 17.6 Å². The number of benzene rings is 2. The number of aryl methyl sites for hydroxylation is 2. The summed E-state index contributed by atoms with van der Waals surface area (Å²) in [4.78, 5) is 2.64. The second kappa shape index (κ2) is 9.00. The van der Waals surface area contributed by atoms with Crippen LogP contribution in [-0.4, -0.2) is 23.8 Å². The molecule has 2 heterocycles. The SMILES string of the molecule is C.COc1cc(F)c(F)c2c1cc(C#N)n2C.COc1ccc(F)c2[nH]c(C)c(F)c12. The van der Waals surface area contributed by atoms with Gasteiger partial charge in [-0.25, -0.2) is 17.6 Å². The number of methoxy groups -OCH3 is 2. The zero-order valence-corrected chi connectivity index (χ0v) is 16.5. The molecule has 0 amide bonds. The largest absolute Gasteiger partial charge is 0.496 e. The lowest BCUT2D eigenvalue weighted by Crippen LogP contribution is -1.96. The Bertz CT molecular complexity index is 1300. The fraction of sp³-hybridized carbons (Fsp3) is 0.227. The van der Waals surface area contributed by atoms with E-state index in [0.717, 1.165) is 6.07 Å². The number of rotatable bonds is 2. The summed E-state index contributed by atoms with van der Waals surface area (Å²) < 4.78 is 64.8. The number of nitriles is 1. The van der Waals surface area contributed by atoms with Gasteiger partial charge in [0.1, 0.15) is 29.1 Å². The molecule has 5 nitrogen and oxygen atoms in total. The summed E-state index contributed by atoms with van der Waals surface area (Å²) in [5.41, 5.74) is 0.744. The highest BCUT2D eigenvalue weighted by Gasteiger charge is 2.18. The summed E-state index contributed by atoms with van der Waals surface area (Å²) in [5, 5.41) is 9.38. The third kappa shape index (κ3) is 3.89. The van der Waals surface area contributed by atoms with Crippen LogP contribution in [-0.2, 0) is 7.05 Å². The Morgan fingerprint density at radius 2 is 1.61 bits per heavy atom. The summed E-state index contributed by atoms with van der Waals surface area (Å²) in [6.45, 7) is 1.55. The maximum Gasteiger partial charge on any atom is 0.183 e. The summed E-state index contributed by atoms with van der Waals surface area (Å²) >= 11 is 0. The number of ether oxygens (including phenoxy) is 2. The van der Waals surface area contributed by atoms with Gasteiger partial charge in [-0.1, -0.05) is 7.43 Å². The van der Waals surface area contributed by atoms with E-state index in [2.05, 4.69) is 4.98 Å². The van der Waals surface area contributed by atoms with Crippen molar-refractivity contribution in [2.24, 2.45) is 7.05 Å². The Hall–Kier alpha value is -3.67. The lowest BCUT2D eigenvalue weighted by atomic mass is 10.2. The normalized spacial score (nSPS) is 10.3. The molecule has 0 unspecified atom stereocenters. The third-order valence-corrected chi connectivity index (χ3v) is 4.71. The molecule has 0 bridgehead atoms. The molecular weight excluding hydrogens is 414 g/mol. The fourth-order valence-corrected chi connectivity index (χ4v) is 3.20. The van der Waals surface area contributed by atoms with E-state index in [-0.39, 0.29) is 35.3 Å². The number of halogens is 4. The van der Waals surface area contributed by atoms with Crippen LogP contribution in [0.3, 0.4) is 0 Å². The molecule has 0 saturated carbocycles. The molecule has 0 spiro atoms. The summed E-state index contributed by atoms with van der Waals surface area (Å²) in [6.07, 6.45) is 0. The second-order valence-electron chi connectivity index (χ2n) is 6.40. The molecule has 0 saturated heterocycles. The molecule has 0 radical (unpaired) electrons. The lowest BCUT2D eigenvalue weighted by Gasteiger charge is -2.05. The Kier molecular flexibility index (Phi) is 6.85. The van der Waals surface area contributed by atoms with E-state index in [0.29, 0.717) is 16.8 Å². The van der Waals surface area contributed by atoms with Gasteiger partial charge in [0.2, 0.25) is 0 Å². The molecule has 31 heavy (non-hydrogen) atoms. The maximum absolute atomic E-state index is 13.6. The van der Waals surface area contributed by atoms with Gasteiger partial charge in [0.25, 0.3) is 0 Å². The van der Waals surface area contributed by atoms with Gasteiger partial charge in [0, 0.05) is 24.2 Å². The summed E-state index contributed by atoms with van der Waals surface area (Å²) in [6, 6.07) is 7.00. The molecular formula is C22H21F4N3O2. The van der Waals surface area contributed by atoms with Crippen molar-refractivity contribution in [1.82, 2.24) is 9.55 Å². The van der Waals surface area contributed by atoms with Crippen LogP contribution < -0.4 is 9.47 Å². The molecule has 0 fully saturated rings. The number of hydrogen-bond acceptors (Lipinski definition) is 3. The molecule has 164 valence electrons. The van der Waals surface area contributed by atoms with E-state index >= 15 is 0 Å². The first-order valence-corrected chi connectivity index (χ1v) is 8.66. The Morgan fingerprint density at radius 1 is 0.968 bits per heavy atom. The Balaban J connectivity index is 0.000000215. The van der Waals surface area contributed by atoms with Crippen LogP contribution >= 0.6 is 0 Å². The first-order chi connectivity index (χ1) is 14.2. The standard InChI is InChI=1S/C11H8F2N2O.C10H9F2NO.CH4/c1-15-6(5-14)3-7-9(16-2)4-8(12)10(13)11(7)15;1-5-9(12)8-7(14-2)4-3-6(11)10(8)13-5;/h3-4H,1-2H3;3-4,13H,1-2H3;1H4. The zero-order valence-electron chi connectivity index (χ0n) is 16.5. The van der Waals surface area contributed by atoms with E-state index in [9.17, 15) is 17.6 Å². The minimum absolute atomic E-state index is 0. The van der Waals surface area contributed by atoms with Crippen LogP contribution in [0.15, 0.2) is 24.3 Å². The van der Waals surface area contributed by atoms with Gasteiger partial charge in [-0.05, 0) is 25.1 Å². The van der Waals surface area contributed by atoms with Gasteiger partial charge in [-0.3, -0.25) is 0 Å². The van der Waals surface area contributed by atoms with Gasteiger partial charge in [-0.15, -0.1) is 0 Å². The number of aromatic nitrogens is 2. The molecule has 4 aromatic rings. The van der Waals surface area contributed by atoms with Gasteiger partial charge in [0.05, 0.1) is 30.6 Å². The van der Waals surface area contributed by atoms with Crippen LogP contribution in [0.2, 0.25) is 0 Å². The van der Waals surface area contributed by atoms with Gasteiger partial charge in [-0.2, -0.15) is 5.26 Å². The van der Waals surface area contributed by atoms with Gasteiger partial charge < -0.3 is 19.0 Å². The van der Waals surface area contributed by atoms with Crippen molar-refractivity contribution in [2.45, 2.75) is 14.4 Å². The van der Waals surface area contributed by atoms with E-state index < -0.39 is 23.3 Å². The number of nitrogens with zero attached hydrogens (tertiary/aromatic N) is 2. The van der Waals surface area contributed by atoms with Crippen molar-refractivity contribution >= 4 is 21.8 Å². The molecule has 4 rings (SSSR count). The molecule has 9 heteroatoms. The van der Waals surface area contributed by atoms with E-state index in [1.54, 1.807) is 6.92 Å². The molecule has 0 aliphatic rings. The minimum Gasteiger partial charge on any atom is -0.496 e. The number of H-pyrrole nitrogens is 1. The Labute approximate surface area is 176 Å². The van der Waals surface area contributed by atoms with Crippen LogP contribution in [0.1, 0.15) is 18.8 Å². The molecule has 2 aromatic carbocycles. The molecule has 0 aliphatic carbocycles. The average Bonchev–Trinajstić information content (AvgIpc) is 3.23. The number of aromatic amines is 1. The van der Waals surface area contributed by atoms with Crippen molar-refractivity contribution in [3.63, 3.8) is 0 Å². The summed E-state index contributed by atoms with van der Waals surface area (Å²) in [5.74, 6) is -2.35. The lowest BCUT2D eigenvalue weighted by molar-refractivity contribution is 0.412. The smallest absolute Gasteiger partial charge is 0.183 e. The minimum atomic E-state index is -0.991. The highest BCUT2D eigenvalue weighted by atomic mass is 19.2. The van der Waals surface area contributed by atoms with Crippen molar-refractivity contribution in [3.05, 3.63) is 58.9 Å². The van der Waals surface area contributed by atoms with Crippen molar-refractivity contribution in [2.75, 3.05) is 14.2 Å². The molecule has 2 aromatic heterocycles. The van der Waals surface area contributed by atoms with E-state index in [1.807, 2.05) is 6.07 Å². The van der Waals surface area contributed by atoms with Crippen molar-refractivity contribution < 1.29 is 27.0 Å². The quantitative estimate of drug-likeness (QED) is 0.409. The molecule has 0 aliphatic heterocycles. The first-order valence-electron chi connectivity index (χ1n) is 8.66. The molecule has 0 atom stereocenters. The van der Waals surface area contributed by atoms with Crippen LogP contribution in [0.4, 0.5) is 17.6 Å². The maximum atomic E-state index is 13.6. The predicted molar refractivity (Wildman–Crippen MR) is 110 cm³/mol. The fourth-order valence-electron chi connectivity index (χ4n) is 3.20. The van der Waals surface area contributed by atoms with E-state index in [1.165, 1.54) is 44.0 Å². The molecule has 1 N–H and O–H groups in total. The number of fused-ring (bicyclic) bond motifs is 2. The van der Waals surface area contributed by atoms with Gasteiger partial charge in [0.15, 0.2) is 17.5 Å². The topological polar surface area (TPSA) is 63.0 Å². The number of hydrogen-bond donors (Lipinski definition) is 1. The zero-order chi connectivity index (χ0) is 22.2. The second-order valence-corrected chi connectivity index (χ2v) is 6.40. The van der Waals surface area contributed by atoms with Crippen LogP contribution in [0.25, 0.3) is 21.8 Å².